The summed E-state index contributed by atoms with van der Waals surface area (Å²) < 4.78 is 0. The normalized spacial score (nSPS) is 16.1. The summed E-state index contributed by atoms with van der Waals surface area (Å²) in [6, 6.07) is 0. The standard InChI is InChI=1S/C25H40Si/c1-9-11-12-13-22-14-23(15-24(22)16(3)10-2)26-25-20(7)18(5)17(4)19(6)21(25)8/h15-16H,9-14,26H2,1-8H3. The molecule has 1 heteroatoms. The lowest BCUT2D eigenvalue weighted by Gasteiger charge is -2.19. The van der Waals surface area contributed by atoms with Crippen molar-refractivity contribution in [1.82, 2.24) is 0 Å². The lowest BCUT2D eigenvalue weighted by Crippen LogP contribution is -2.25. The monoisotopic (exact) mass is 368 g/mol. The van der Waals surface area contributed by atoms with E-state index in [4.69, 9.17) is 0 Å². The van der Waals surface area contributed by atoms with E-state index in [1.807, 2.05) is 0 Å². The van der Waals surface area contributed by atoms with Gasteiger partial charge in [0, 0.05) is 0 Å². The molecule has 1 aliphatic carbocycles. The summed E-state index contributed by atoms with van der Waals surface area (Å²) in [5.74, 6) is 0.724. The molecule has 1 aromatic rings. The summed E-state index contributed by atoms with van der Waals surface area (Å²) >= 11 is 0. The van der Waals surface area contributed by atoms with Crippen molar-refractivity contribution in [1.29, 1.82) is 0 Å². The van der Waals surface area contributed by atoms with E-state index < -0.39 is 0 Å². The first kappa shape index (κ1) is 21.2. The fourth-order valence-electron chi connectivity index (χ4n) is 4.46. The molecule has 0 nitrogen and oxygen atoms in total. The Kier molecular flexibility index (Phi) is 7.52. The first-order valence-electron chi connectivity index (χ1n) is 10.8. The predicted octanol–water partition coefficient (Wildman–Crippen LogP) is 6.23. The molecule has 26 heavy (non-hydrogen) atoms. The van der Waals surface area contributed by atoms with Crippen LogP contribution in [0.1, 0.15) is 87.1 Å². The van der Waals surface area contributed by atoms with Crippen LogP contribution in [-0.2, 0) is 0 Å². The van der Waals surface area contributed by atoms with Gasteiger partial charge in [0.2, 0.25) is 0 Å². The maximum absolute atomic E-state index is 2.63. The van der Waals surface area contributed by atoms with Crippen LogP contribution in [0.25, 0.3) is 0 Å². The van der Waals surface area contributed by atoms with Crippen molar-refractivity contribution in [3.05, 3.63) is 50.2 Å². The molecular formula is C25H40Si. The maximum atomic E-state index is 2.63. The van der Waals surface area contributed by atoms with Gasteiger partial charge in [-0.05, 0) is 99.6 Å². The number of benzene rings is 1. The average molecular weight is 369 g/mol. The molecule has 1 unspecified atom stereocenters. The molecule has 144 valence electrons. The van der Waals surface area contributed by atoms with Crippen molar-refractivity contribution in [2.24, 2.45) is 5.92 Å². The predicted molar refractivity (Wildman–Crippen MR) is 122 cm³/mol. The van der Waals surface area contributed by atoms with Crippen molar-refractivity contribution in [3.8, 4) is 0 Å². The Bertz CT molecular complexity index is 689. The highest BCUT2D eigenvalue weighted by Gasteiger charge is 2.21. The summed E-state index contributed by atoms with van der Waals surface area (Å²) in [4.78, 5) is 0. The van der Waals surface area contributed by atoms with Crippen LogP contribution < -0.4 is 5.19 Å². The molecule has 0 spiro atoms. The number of hydrogen-bond donors (Lipinski definition) is 0. The van der Waals surface area contributed by atoms with Crippen molar-refractivity contribution >= 4 is 14.7 Å². The lowest BCUT2D eigenvalue weighted by molar-refractivity contribution is 0.648. The smallest absolute Gasteiger partial charge is 0.0783 e. The summed E-state index contributed by atoms with van der Waals surface area (Å²) in [7, 11) is -0.364. The average Bonchev–Trinajstić information content (AvgIpc) is 3.04. The summed E-state index contributed by atoms with van der Waals surface area (Å²) in [5.41, 5.74) is 11.1. The molecule has 0 amide bonds. The Morgan fingerprint density at radius 1 is 0.885 bits per heavy atom. The van der Waals surface area contributed by atoms with E-state index in [9.17, 15) is 0 Å². The summed E-state index contributed by atoms with van der Waals surface area (Å²) in [6.07, 6.45) is 10.6. The molecule has 0 fully saturated rings. The van der Waals surface area contributed by atoms with E-state index in [2.05, 4.69) is 61.5 Å². The summed E-state index contributed by atoms with van der Waals surface area (Å²) in [6.45, 7) is 18.7. The molecule has 0 saturated heterocycles. The van der Waals surface area contributed by atoms with Gasteiger partial charge in [-0.2, -0.15) is 0 Å². The molecule has 0 bridgehead atoms. The molecular weight excluding hydrogens is 328 g/mol. The van der Waals surface area contributed by atoms with Crippen LogP contribution in [0, 0.1) is 40.5 Å². The van der Waals surface area contributed by atoms with Gasteiger partial charge in [0.1, 0.15) is 0 Å². The van der Waals surface area contributed by atoms with Crippen LogP contribution in [0.2, 0.25) is 0 Å². The highest BCUT2D eigenvalue weighted by Crippen LogP contribution is 2.34. The highest BCUT2D eigenvalue weighted by molar-refractivity contribution is 6.62. The first-order valence-corrected chi connectivity index (χ1v) is 12.2. The number of rotatable bonds is 8. The van der Waals surface area contributed by atoms with Crippen LogP contribution in [0.5, 0.6) is 0 Å². The molecule has 1 aromatic carbocycles. The van der Waals surface area contributed by atoms with Gasteiger partial charge in [-0.25, -0.2) is 0 Å². The van der Waals surface area contributed by atoms with Crippen molar-refractivity contribution in [2.75, 3.05) is 0 Å². The minimum absolute atomic E-state index is 0.364. The van der Waals surface area contributed by atoms with Gasteiger partial charge in [-0.1, -0.05) is 55.6 Å². The topological polar surface area (TPSA) is 0 Å². The van der Waals surface area contributed by atoms with E-state index >= 15 is 0 Å². The molecule has 1 aliphatic rings. The van der Waals surface area contributed by atoms with Crippen LogP contribution in [0.3, 0.4) is 0 Å². The Balaban J connectivity index is 2.27. The Labute approximate surface area is 165 Å². The van der Waals surface area contributed by atoms with Crippen molar-refractivity contribution < 1.29 is 0 Å². The largest absolute Gasteiger partial charge is 0.0835 e. The van der Waals surface area contributed by atoms with Crippen LogP contribution in [-0.4, -0.2) is 9.52 Å². The quantitative estimate of drug-likeness (QED) is 0.377. The van der Waals surface area contributed by atoms with Crippen LogP contribution >= 0.6 is 0 Å². The second-order valence-corrected chi connectivity index (χ2v) is 10.6. The molecule has 0 radical (unpaired) electrons. The van der Waals surface area contributed by atoms with Gasteiger partial charge in [0.15, 0.2) is 0 Å². The molecule has 0 aliphatic heterocycles. The highest BCUT2D eigenvalue weighted by atomic mass is 28.2. The van der Waals surface area contributed by atoms with E-state index in [1.165, 1.54) is 55.2 Å². The third-order valence-corrected chi connectivity index (χ3v) is 9.32. The minimum atomic E-state index is -0.364. The third-order valence-electron chi connectivity index (χ3n) is 6.99. The Hall–Kier alpha value is -1.08. The molecule has 0 N–H and O–H groups in total. The van der Waals surface area contributed by atoms with Gasteiger partial charge in [-0.15, -0.1) is 0 Å². The SMILES string of the molecule is CCCCCC1=C(C(C)CC)C=C([SiH2]c2c(C)c(C)c(C)c(C)c2C)C1. The molecule has 0 saturated carbocycles. The van der Waals surface area contributed by atoms with Crippen LogP contribution in [0.15, 0.2) is 22.4 Å². The van der Waals surface area contributed by atoms with E-state index in [0.717, 1.165) is 5.92 Å². The Morgan fingerprint density at radius 3 is 2.00 bits per heavy atom. The zero-order chi connectivity index (χ0) is 19.4. The zero-order valence-electron chi connectivity index (χ0n) is 18.6. The fraction of sp³-hybridized carbons (Fsp3) is 0.600. The van der Waals surface area contributed by atoms with Crippen molar-refractivity contribution in [3.63, 3.8) is 0 Å². The molecule has 0 heterocycles. The van der Waals surface area contributed by atoms with Gasteiger partial charge < -0.3 is 0 Å². The molecule has 2 rings (SSSR count). The van der Waals surface area contributed by atoms with Crippen LogP contribution in [0.4, 0.5) is 0 Å². The fourth-order valence-corrected chi connectivity index (χ4v) is 6.73. The van der Waals surface area contributed by atoms with Gasteiger partial charge in [0.05, 0.1) is 9.52 Å². The zero-order valence-corrected chi connectivity index (χ0v) is 20.0. The second kappa shape index (κ2) is 9.22. The van der Waals surface area contributed by atoms with E-state index in [1.54, 1.807) is 32.7 Å². The second-order valence-electron chi connectivity index (χ2n) is 8.58. The lowest BCUT2D eigenvalue weighted by atomic mass is 9.93. The number of hydrogen-bond acceptors (Lipinski definition) is 0. The van der Waals surface area contributed by atoms with Gasteiger partial charge in [-0.3, -0.25) is 0 Å². The Morgan fingerprint density at radius 2 is 1.46 bits per heavy atom. The number of allylic oxidation sites excluding steroid dienone is 4. The maximum Gasteiger partial charge on any atom is 0.0835 e. The first-order chi connectivity index (χ1) is 12.3. The van der Waals surface area contributed by atoms with Crippen molar-refractivity contribution in [2.45, 2.75) is 93.9 Å². The van der Waals surface area contributed by atoms with Gasteiger partial charge >= 0.3 is 0 Å². The third kappa shape index (κ3) is 4.42. The number of unbranched alkanes of at least 4 members (excludes halogenated alkanes) is 2. The minimum Gasteiger partial charge on any atom is -0.0783 e. The summed E-state index contributed by atoms with van der Waals surface area (Å²) in [5, 5.41) is 3.50. The molecule has 0 aromatic heterocycles. The van der Waals surface area contributed by atoms with E-state index in [0.29, 0.717) is 0 Å². The molecule has 1 atom stereocenters. The van der Waals surface area contributed by atoms with E-state index in [-0.39, 0.29) is 9.52 Å². The van der Waals surface area contributed by atoms with Gasteiger partial charge in [0.25, 0.3) is 0 Å².